The molecule has 2 aromatic carbocycles. The smallest absolute Gasteiger partial charge is 0.253 e. The minimum absolute atomic E-state index is 0.531. The van der Waals surface area contributed by atoms with Crippen LogP contribution in [0.3, 0.4) is 0 Å². The van der Waals surface area contributed by atoms with Crippen molar-refractivity contribution in [2.45, 2.75) is 6.73 Å². The summed E-state index contributed by atoms with van der Waals surface area (Å²) in [5.74, 6) is 0. The standard InChI is InChI=1S/C14H13N2O/c1-17-10-16-13-8-4-2-6-11(13)15-12-7-3-5-9-14(12)16/h2-9H,10H2,1H3/q+1. The molecule has 84 valence electrons. The highest BCUT2D eigenvalue weighted by Gasteiger charge is 2.14. The van der Waals surface area contributed by atoms with Crippen LogP contribution in [0.2, 0.25) is 0 Å². The molecule has 0 N–H and O–H groups in total. The van der Waals surface area contributed by atoms with Gasteiger partial charge in [-0.15, -0.1) is 0 Å². The molecular formula is C14H13N2O+. The van der Waals surface area contributed by atoms with E-state index in [2.05, 4.69) is 21.7 Å². The number of para-hydroxylation sites is 4. The Bertz CT molecular complexity index is 625. The van der Waals surface area contributed by atoms with E-state index in [1.807, 2.05) is 36.4 Å². The second-order valence-corrected chi connectivity index (χ2v) is 3.94. The maximum atomic E-state index is 5.28. The molecule has 0 bridgehead atoms. The Labute approximate surface area is 99.3 Å². The summed E-state index contributed by atoms with van der Waals surface area (Å²) in [6.45, 7) is 0.531. The van der Waals surface area contributed by atoms with Gasteiger partial charge in [-0.25, -0.2) is 4.98 Å². The molecule has 1 heterocycles. The zero-order valence-electron chi connectivity index (χ0n) is 9.63. The van der Waals surface area contributed by atoms with Crippen LogP contribution in [-0.4, -0.2) is 12.1 Å². The number of methoxy groups -OCH3 is 1. The minimum atomic E-state index is 0.531. The molecule has 0 saturated heterocycles. The van der Waals surface area contributed by atoms with E-state index in [4.69, 9.17) is 4.74 Å². The van der Waals surface area contributed by atoms with Gasteiger partial charge in [-0.2, -0.15) is 4.57 Å². The van der Waals surface area contributed by atoms with Crippen molar-refractivity contribution < 1.29 is 9.30 Å². The van der Waals surface area contributed by atoms with Crippen LogP contribution in [-0.2, 0) is 11.5 Å². The quantitative estimate of drug-likeness (QED) is 0.494. The lowest BCUT2D eigenvalue weighted by Gasteiger charge is -2.03. The molecule has 0 saturated carbocycles. The zero-order valence-corrected chi connectivity index (χ0v) is 9.63. The number of nitrogens with zero attached hydrogens (tertiary/aromatic N) is 2. The van der Waals surface area contributed by atoms with Crippen LogP contribution < -0.4 is 4.57 Å². The average molecular weight is 225 g/mol. The van der Waals surface area contributed by atoms with Gasteiger partial charge in [-0.3, -0.25) is 0 Å². The van der Waals surface area contributed by atoms with Crippen molar-refractivity contribution in [2.24, 2.45) is 0 Å². The molecule has 3 heteroatoms. The van der Waals surface area contributed by atoms with Gasteiger partial charge in [-0.1, -0.05) is 24.3 Å². The summed E-state index contributed by atoms with van der Waals surface area (Å²) in [4.78, 5) is 4.64. The molecule has 0 amide bonds. The number of ether oxygens (including phenoxy) is 1. The molecule has 1 aromatic heterocycles. The monoisotopic (exact) mass is 225 g/mol. The van der Waals surface area contributed by atoms with E-state index in [1.165, 1.54) is 0 Å². The lowest BCUT2D eigenvalue weighted by atomic mass is 10.2. The zero-order chi connectivity index (χ0) is 11.7. The van der Waals surface area contributed by atoms with Crippen LogP contribution in [0.1, 0.15) is 0 Å². The number of hydrogen-bond donors (Lipinski definition) is 0. The molecule has 0 fully saturated rings. The van der Waals surface area contributed by atoms with Crippen LogP contribution in [0, 0.1) is 0 Å². The van der Waals surface area contributed by atoms with Crippen molar-refractivity contribution in [2.75, 3.05) is 7.11 Å². The van der Waals surface area contributed by atoms with Crippen molar-refractivity contribution in [1.29, 1.82) is 0 Å². The number of hydrogen-bond acceptors (Lipinski definition) is 2. The van der Waals surface area contributed by atoms with Crippen molar-refractivity contribution >= 4 is 22.1 Å². The predicted molar refractivity (Wildman–Crippen MR) is 66.5 cm³/mol. The van der Waals surface area contributed by atoms with Gasteiger partial charge in [0.25, 0.3) is 6.73 Å². The fourth-order valence-corrected chi connectivity index (χ4v) is 2.10. The van der Waals surface area contributed by atoms with E-state index in [9.17, 15) is 0 Å². The number of rotatable bonds is 2. The molecule has 0 aliphatic rings. The number of fused-ring (bicyclic) bond motifs is 2. The second-order valence-electron chi connectivity index (χ2n) is 3.94. The summed E-state index contributed by atoms with van der Waals surface area (Å²) in [6, 6.07) is 16.2. The molecule has 0 aliphatic carbocycles. The molecule has 0 spiro atoms. The minimum Gasteiger partial charge on any atom is -0.327 e. The molecule has 3 aromatic rings. The van der Waals surface area contributed by atoms with Gasteiger partial charge in [-0.05, 0) is 12.1 Å². The Morgan fingerprint density at radius 1 is 0.941 bits per heavy atom. The Hall–Kier alpha value is -2.00. The summed E-state index contributed by atoms with van der Waals surface area (Å²) < 4.78 is 7.42. The van der Waals surface area contributed by atoms with Gasteiger partial charge in [0, 0.05) is 19.2 Å². The number of aromatic nitrogens is 2. The lowest BCUT2D eigenvalue weighted by Crippen LogP contribution is -2.36. The van der Waals surface area contributed by atoms with Crippen molar-refractivity contribution in [3.63, 3.8) is 0 Å². The van der Waals surface area contributed by atoms with E-state index in [-0.39, 0.29) is 0 Å². The summed E-state index contributed by atoms with van der Waals surface area (Å²) in [5, 5.41) is 0. The SMILES string of the molecule is COC[n+]1c2ccccc2nc2ccccc21. The van der Waals surface area contributed by atoms with Gasteiger partial charge in [0.1, 0.15) is 11.0 Å². The van der Waals surface area contributed by atoms with E-state index in [0.717, 1.165) is 22.1 Å². The maximum Gasteiger partial charge on any atom is 0.253 e. The highest BCUT2D eigenvalue weighted by atomic mass is 16.5. The summed E-state index contributed by atoms with van der Waals surface area (Å²) in [5.41, 5.74) is 4.16. The Morgan fingerprint density at radius 2 is 1.47 bits per heavy atom. The van der Waals surface area contributed by atoms with E-state index < -0.39 is 0 Å². The summed E-state index contributed by atoms with van der Waals surface area (Å²) in [7, 11) is 1.71. The molecular weight excluding hydrogens is 212 g/mol. The van der Waals surface area contributed by atoms with Crippen LogP contribution in [0.15, 0.2) is 48.5 Å². The van der Waals surface area contributed by atoms with Gasteiger partial charge >= 0.3 is 0 Å². The van der Waals surface area contributed by atoms with Crippen LogP contribution in [0.5, 0.6) is 0 Å². The van der Waals surface area contributed by atoms with Crippen molar-refractivity contribution in [1.82, 2.24) is 4.98 Å². The van der Waals surface area contributed by atoms with Crippen LogP contribution in [0.25, 0.3) is 22.1 Å². The second kappa shape index (κ2) is 4.11. The third kappa shape index (κ3) is 1.65. The van der Waals surface area contributed by atoms with Crippen molar-refractivity contribution in [3.05, 3.63) is 48.5 Å². The van der Waals surface area contributed by atoms with Gasteiger partial charge in [0.05, 0.1) is 0 Å². The molecule has 3 nitrogen and oxygen atoms in total. The van der Waals surface area contributed by atoms with E-state index in [1.54, 1.807) is 7.11 Å². The lowest BCUT2D eigenvalue weighted by molar-refractivity contribution is -0.683. The Kier molecular flexibility index (Phi) is 2.46. The number of benzene rings is 2. The van der Waals surface area contributed by atoms with E-state index in [0.29, 0.717) is 6.73 Å². The molecule has 17 heavy (non-hydrogen) atoms. The predicted octanol–water partition coefficient (Wildman–Crippen LogP) is 2.28. The topological polar surface area (TPSA) is 26.0 Å². The van der Waals surface area contributed by atoms with Gasteiger partial charge < -0.3 is 4.74 Å². The Balaban J connectivity index is 2.47. The summed E-state index contributed by atoms with van der Waals surface area (Å²) >= 11 is 0. The third-order valence-corrected chi connectivity index (χ3v) is 2.84. The first-order chi connectivity index (χ1) is 8.40. The molecule has 0 atom stereocenters. The fourth-order valence-electron chi connectivity index (χ4n) is 2.10. The van der Waals surface area contributed by atoms with Crippen LogP contribution >= 0.6 is 0 Å². The Morgan fingerprint density at radius 3 is 2.00 bits per heavy atom. The summed E-state index contributed by atoms with van der Waals surface area (Å²) in [6.07, 6.45) is 0. The fraction of sp³-hybridized carbons (Fsp3) is 0.143. The van der Waals surface area contributed by atoms with Crippen LogP contribution in [0.4, 0.5) is 0 Å². The third-order valence-electron chi connectivity index (χ3n) is 2.84. The molecule has 0 radical (unpaired) electrons. The van der Waals surface area contributed by atoms with Gasteiger partial charge in [0.2, 0.25) is 11.0 Å². The van der Waals surface area contributed by atoms with Crippen molar-refractivity contribution in [3.8, 4) is 0 Å². The largest absolute Gasteiger partial charge is 0.327 e. The molecule has 3 rings (SSSR count). The normalized spacial score (nSPS) is 11.1. The molecule has 0 aliphatic heterocycles. The molecule has 0 unspecified atom stereocenters. The first-order valence-electron chi connectivity index (χ1n) is 5.56. The van der Waals surface area contributed by atoms with E-state index >= 15 is 0 Å². The first kappa shape index (κ1) is 10.2. The maximum absolute atomic E-state index is 5.28. The van der Waals surface area contributed by atoms with Gasteiger partial charge in [0.15, 0.2) is 0 Å². The highest BCUT2D eigenvalue weighted by Crippen LogP contribution is 2.13. The average Bonchev–Trinajstić information content (AvgIpc) is 2.39. The first-order valence-corrected chi connectivity index (χ1v) is 5.56. The highest BCUT2D eigenvalue weighted by molar-refractivity contribution is 5.81.